The average molecular weight is 513 g/mol. The van der Waals surface area contributed by atoms with Gasteiger partial charge in [-0.25, -0.2) is 9.18 Å². The monoisotopic (exact) mass is 512 g/mol. The number of anilines is 2. The minimum absolute atomic E-state index is 0.341. The molecule has 0 unspecified atom stereocenters. The van der Waals surface area contributed by atoms with Crippen LogP contribution in [-0.4, -0.2) is 60.4 Å². The highest BCUT2D eigenvalue weighted by atomic mass is 32.2. The number of fused-ring (bicyclic) bond motifs is 2. The summed E-state index contributed by atoms with van der Waals surface area (Å²) in [6.45, 7) is 1.15. The summed E-state index contributed by atoms with van der Waals surface area (Å²) in [6, 6.07) is 12.7. The Balaban J connectivity index is 1.60. The van der Waals surface area contributed by atoms with Crippen LogP contribution in [0.3, 0.4) is 0 Å². The van der Waals surface area contributed by atoms with E-state index in [-0.39, 0.29) is 12.5 Å². The smallest absolute Gasteiger partial charge is 0.329 e. The number of halogens is 1. The second-order valence-corrected chi connectivity index (χ2v) is 9.76. The van der Waals surface area contributed by atoms with Gasteiger partial charge in [-0.2, -0.15) is 0 Å². The molecule has 8 nitrogen and oxygen atoms in total. The van der Waals surface area contributed by atoms with Crippen molar-refractivity contribution < 1.29 is 23.6 Å². The molecule has 0 spiro atoms. The van der Waals surface area contributed by atoms with Gasteiger partial charge in [0, 0.05) is 22.9 Å². The van der Waals surface area contributed by atoms with E-state index in [2.05, 4.69) is 10.6 Å². The van der Waals surface area contributed by atoms with Gasteiger partial charge in [-0.1, -0.05) is 36.0 Å². The second kappa shape index (κ2) is 11.6. The molecular formula is C26H29FN4O4S. The first-order chi connectivity index (χ1) is 17.4. The molecule has 0 saturated carbocycles. The lowest BCUT2D eigenvalue weighted by Gasteiger charge is -2.40. The van der Waals surface area contributed by atoms with Gasteiger partial charge < -0.3 is 15.5 Å². The molecule has 2 N–H and O–H groups in total. The average Bonchev–Trinajstić information content (AvgIpc) is 2.90. The van der Waals surface area contributed by atoms with Crippen LogP contribution in [0.15, 0.2) is 58.3 Å². The van der Waals surface area contributed by atoms with E-state index in [4.69, 9.17) is 0 Å². The Morgan fingerprint density at radius 1 is 1.03 bits per heavy atom. The summed E-state index contributed by atoms with van der Waals surface area (Å²) < 4.78 is 13.2. The Morgan fingerprint density at radius 2 is 1.67 bits per heavy atom. The van der Waals surface area contributed by atoms with E-state index < -0.39 is 36.4 Å². The number of urea groups is 1. The van der Waals surface area contributed by atoms with Gasteiger partial charge in [0.25, 0.3) is 0 Å². The number of hydrogen-bond acceptors (Lipinski definition) is 5. The highest BCUT2D eigenvalue weighted by molar-refractivity contribution is 7.99. The van der Waals surface area contributed by atoms with Crippen molar-refractivity contribution in [2.24, 2.45) is 0 Å². The number of carbonyl (C=O) groups excluding carboxylic acids is 4. The normalized spacial score (nSPS) is 17.4. The van der Waals surface area contributed by atoms with E-state index >= 15 is 0 Å². The lowest BCUT2D eigenvalue weighted by atomic mass is 10.00. The Labute approximate surface area is 213 Å². The number of rotatable bonds is 7. The minimum Gasteiger partial charge on any atom is -0.356 e. The van der Waals surface area contributed by atoms with E-state index in [9.17, 15) is 23.6 Å². The third kappa shape index (κ3) is 5.38. The first kappa shape index (κ1) is 25.7. The van der Waals surface area contributed by atoms with Crippen molar-refractivity contribution >= 4 is 46.8 Å². The van der Waals surface area contributed by atoms with Crippen molar-refractivity contribution in [2.75, 3.05) is 24.7 Å². The first-order valence-corrected chi connectivity index (χ1v) is 12.9. The molecule has 10 heteroatoms. The van der Waals surface area contributed by atoms with Crippen molar-refractivity contribution in [3.8, 4) is 0 Å². The Hall–Kier alpha value is -3.40. The summed E-state index contributed by atoms with van der Waals surface area (Å²) in [5, 5.41) is 5.11. The largest absolute Gasteiger partial charge is 0.356 e. The van der Waals surface area contributed by atoms with Crippen molar-refractivity contribution in [1.29, 1.82) is 0 Å². The fourth-order valence-electron chi connectivity index (χ4n) is 4.53. The van der Waals surface area contributed by atoms with E-state index in [0.29, 0.717) is 19.5 Å². The number of carbonyl (C=O) groups is 4. The van der Waals surface area contributed by atoms with E-state index in [1.807, 2.05) is 48.5 Å². The molecule has 1 saturated heterocycles. The molecule has 2 aromatic carbocycles. The van der Waals surface area contributed by atoms with Crippen LogP contribution in [0.2, 0.25) is 0 Å². The third-order valence-electron chi connectivity index (χ3n) is 6.27. The number of amides is 4. The van der Waals surface area contributed by atoms with Crippen LogP contribution >= 0.6 is 11.8 Å². The summed E-state index contributed by atoms with van der Waals surface area (Å²) in [6.07, 6.45) is 1.50. The zero-order chi connectivity index (χ0) is 25.7. The summed E-state index contributed by atoms with van der Waals surface area (Å²) in [5.41, 5.74) is 1.47. The van der Waals surface area contributed by atoms with Gasteiger partial charge in [0.15, 0.2) is 5.78 Å². The van der Waals surface area contributed by atoms with Gasteiger partial charge in [0.1, 0.15) is 12.7 Å². The molecule has 4 amide bonds. The second-order valence-electron chi connectivity index (χ2n) is 8.68. The fraction of sp³-hybridized carbons (Fsp3) is 0.385. The SMILES string of the molecule is CCNC(=O)C[C@H](NC(=O)[C@@H]1CCCCN1C(=O)N1c2ccccc2Sc2ccccc21)C(=O)CF. The standard InChI is InChI=1S/C26H29FN4O4S/c1-2-28-24(33)15-17(21(32)16-27)29-25(34)20-11-7-8-14-30(20)26(35)31-18-9-3-5-12-22(18)36-23-13-6-4-10-19(23)31/h3-6,9-10,12-13,17,20H,2,7-8,11,14-16H2,1H3,(H,28,33)(H,29,34)/t17-,20-/m0/s1. The van der Waals surface area contributed by atoms with Crippen LogP contribution in [0, 0.1) is 0 Å². The molecule has 2 atom stereocenters. The summed E-state index contributed by atoms with van der Waals surface area (Å²) in [7, 11) is 0. The topological polar surface area (TPSA) is 98.8 Å². The molecular weight excluding hydrogens is 483 g/mol. The number of para-hydroxylation sites is 2. The molecule has 0 aliphatic carbocycles. The third-order valence-corrected chi connectivity index (χ3v) is 7.41. The number of ketones is 1. The quantitative estimate of drug-likeness (QED) is 0.588. The van der Waals surface area contributed by atoms with Crippen molar-refractivity contribution in [3.05, 3.63) is 48.5 Å². The van der Waals surface area contributed by atoms with Crippen molar-refractivity contribution in [3.63, 3.8) is 0 Å². The Bertz CT molecular complexity index is 1110. The predicted octanol–water partition coefficient (Wildman–Crippen LogP) is 3.81. The number of nitrogens with zero attached hydrogens (tertiary/aromatic N) is 2. The van der Waals surface area contributed by atoms with Gasteiger partial charge in [0.2, 0.25) is 11.8 Å². The molecule has 4 rings (SSSR count). The zero-order valence-corrected chi connectivity index (χ0v) is 20.9. The summed E-state index contributed by atoms with van der Waals surface area (Å²) in [4.78, 5) is 56.5. The number of Topliss-reactive ketones (excluding diaryl/α,β-unsaturated/α-hetero) is 1. The molecule has 190 valence electrons. The van der Waals surface area contributed by atoms with Gasteiger partial charge in [-0.3, -0.25) is 19.3 Å². The molecule has 2 aliphatic heterocycles. The first-order valence-electron chi connectivity index (χ1n) is 12.1. The number of benzene rings is 2. The van der Waals surface area contributed by atoms with Gasteiger partial charge in [-0.05, 0) is 50.5 Å². The maximum atomic E-state index is 14.0. The van der Waals surface area contributed by atoms with E-state index in [1.54, 1.807) is 23.6 Å². The zero-order valence-electron chi connectivity index (χ0n) is 20.0. The van der Waals surface area contributed by atoms with E-state index in [1.165, 1.54) is 4.90 Å². The maximum Gasteiger partial charge on any atom is 0.329 e. The maximum absolute atomic E-state index is 14.0. The number of nitrogens with one attached hydrogen (secondary N) is 2. The molecule has 2 aromatic rings. The lowest BCUT2D eigenvalue weighted by Crippen LogP contribution is -2.57. The van der Waals surface area contributed by atoms with Crippen LogP contribution in [0.25, 0.3) is 0 Å². The lowest BCUT2D eigenvalue weighted by molar-refractivity contribution is -0.133. The van der Waals surface area contributed by atoms with Crippen LogP contribution in [0.5, 0.6) is 0 Å². The van der Waals surface area contributed by atoms with Gasteiger partial charge in [-0.15, -0.1) is 0 Å². The van der Waals surface area contributed by atoms with E-state index in [0.717, 1.165) is 34.0 Å². The fourth-order valence-corrected chi connectivity index (χ4v) is 5.59. The summed E-state index contributed by atoms with van der Waals surface area (Å²) in [5.74, 6) is -1.90. The van der Waals surface area contributed by atoms with Gasteiger partial charge in [0.05, 0.1) is 23.8 Å². The van der Waals surface area contributed by atoms with Gasteiger partial charge >= 0.3 is 6.03 Å². The molecule has 36 heavy (non-hydrogen) atoms. The molecule has 0 radical (unpaired) electrons. The van der Waals surface area contributed by atoms with Crippen LogP contribution in [0.4, 0.5) is 20.6 Å². The molecule has 0 bridgehead atoms. The van der Waals surface area contributed by atoms with Crippen molar-refractivity contribution in [2.45, 2.75) is 54.5 Å². The van der Waals surface area contributed by atoms with Crippen LogP contribution in [-0.2, 0) is 14.4 Å². The highest BCUT2D eigenvalue weighted by Gasteiger charge is 2.39. The number of piperidine rings is 1. The number of likely N-dealkylation sites (tertiary alicyclic amines) is 1. The number of alkyl halides is 1. The Morgan fingerprint density at radius 3 is 2.28 bits per heavy atom. The van der Waals surface area contributed by atoms with Crippen LogP contribution in [0.1, 0.15) is 32.6 Å². The molecule has 2 aliphatic rings. The van der Waals surface area contributed by atoms with Crippen LogP contribution < -0.4 is 15.5 Å². The molecule has 1 fully saturated rings. The number of hydrogen-bond donors (Lipinski definition) is 2. The highest BCUT2D eigenvalue weighted by Crippen LogP contribution is 2.48. The molecule has 2 heterocycles. The molecule has 0 aromatic heterocycles. The van der Waals surface area contributed by atoms with Crippen molar-refractivity contribution in [1.82, 2.24) is 15.5 Å². The predicted molar refractivity (Wildman–Crippen MR) is 135 cm³/mol. The summed E-state index contributed by atoms with van der Waals surface area (Å²) >= 11 is 1.58. The minimum atomic E-state index is -1.29. The Kier molecular flexibility index (Phi) is 8.25.